The van der Waals surface area contributed by atoms with Crippen molar-refractivity contribution in [3.8, 4) is 0 Å². The molecule has 0 radical (unpaired) electrons. The fourth-order valence-corrected chi connectivity index (χ4v) is 1.85. The molecule has 19 heavy (non-hydrogen) atoms. The van der Waals surface area contributed by atoms with Gasteiger partial charge < -0.3 is 15.4 Å². The maximum atomic E-state index is 11.7. The first-order valence-electron chi connectivity index (χ1n) is 6.60. The summed E-state index contributed by atoms with van der Waals surface area (Å²) >= 11 is 0. The number of aromatic nitrogens is 1. The van der Waals surface area contributed by atoms with Gasteiger partial charge >= 0.3 is 5.97 Å². The van der Waals surface area contributed by atoms with Gasteiger partial charge in [-0.1, -0.05) is 13.8 Å². The van der Waals surface area contributed by atoms with Crippen molar-refractivity contribution in [2.75, 3.05) is 24.3 Å². The third-order valence-corrected chi connectivity index (χ3v) is 2.65. The topological polar surface area (TPSA) is 63.2 Å². The second kappa shape index (κ2) is 7.61. The summed E-state index contributed by atoms with van der Waals surface area (Å²) < 4.78 is 4.83. The van der Waals surface area contributed by atoms with Crippen molar-refractivity contribution >= 4 is 17.3 Å². The molecule has 0 bridgehead atoms. The Balaban J connectivity index is 2.77. The lowest BCUT2D eigenvalue weighted by atomic mass is 10.0. The van der Waals surface area contributed by atoms with Crippen LogP contribution in [0, 0.1) is 5.92 Å². The number of hydrogen-bond acceptors (Lipinski definition) is 5. The molecule has 0 aliphatic carbocycles. The quantitative estimate of drug-likeness (QED) is 0.742. The van der Waals surface area contributed by atoms with E-state index in [4.69, 9.17) is 4.74 Å². The zero-order chi connectivity index (χ0) is 14.3. The van der Waals surface area contributed by atoms with Crippen molar-refractivity contribution in [2.24, 2.45) is 5.92 Å². The van der Waals surface area contributed by atoms with E-state index < -0.39 is 0 Å². The van der Waals surface area contributed by atoms with Gasteiger partial charge in [-0.2, -0.15) is 0 Å². The lowest BCUT2D eigenvalue weighted by Gasteiger charge is -2.19. The molecule has 0 saturated heterocycles. The van der Waals surface area contributed by atoms with Gasteiger partial charge in [0.15, 0.2) is 0 Å². The molecule has 0 aromatic carbocycles. The first-order valence-corrected chi connectivity index (χ1v) is 6.60. The van der Waals surface area contributed by atoms with Crippen molar-refractivity contribution in [1.29, 1.82) is 0 Å². The summed E-state index contributed by atoms with van der Waals surface area (Å²) in [5, 5.41) is 6.37. The Labute approximate surface area is 114 Å². The van der Waals surface area contributed by atoms with Gasteiger partial charge in [0.2, 0.25) is 0 Å². The summed E-state index contributed by atoms with van der Waals surface area (Å²) in [5.41, 5.74) is 1.75. The number of anilines is 2. The van der Waals surface area contributed by atoms with Gasteiger partial charge in [-0.05, 0) is 25.3 Å². The van der Waals surface area contributed by atoms with Gasteiger partial charge in [0.1, 0.15) is 6.04 Å². The predicted octanol–water partition coefficient (Wildman–Crippen LogP) is 2.51. The fraction of sp³-hybridized carbons (Fsp3) is 0.571. The summed E-state index contributed by atoms with van der Waals surface area (Å²) in [6, 6.07) is 1.59. The molecular formula is C14H23N3O2. The summed E-state index contributed by atoms with van der Waals surface area (Å²) in [6.07, 6.45) is 4.18. The molecule has 1 aromatic rings. The van der Waals surface area contributed by atoms with E-state index in [1.165, 1.54) is 7.11 Å². The number of ether oxygens (including phenoxy) is 1. The highest BCUT2D eigenvalue weighted by molar-refractivity contribution is 5.79. The molecule has 0 aliphatic heterocycles. The molecule has 0 saturated carbocycles. The van der Waals surface area contributed by atoms with E-state index in [9.17, 15) is 4.79 Å². The maximum absolute atomic E-state index is 11.7. The van der Waals surface area contributed by atoms with E-state index in [1.807, 2.05) is 13.0 Å². The summed E-state index contributed by atoms with van der Waals surface area (Å²) in [6.45, 7) is 7.00. The molecule has 1 heterocycles. The van der Waals surface area contributed by atoms with Crippen molar-refractivity contribution in [3.63, 3.8) is 0 Å². The molecule has 2 N–H and O–H groups in total. The van der Waals surface area contributed by atoms with Gasteiger partial charge in [0.05, 0.1) is 30.9 Å². The van der Waals surface area contributed by atoms with Crippen LogP contribution in [0.2, 0.25) is 0 Å². The van der Waals surface area contributed by atoms with Crippen LogP contribution in [0.25, 0.3) is 0 Å². The monoisotopic (exact) mass is 265 g/mol. The van der Waals surface area contributed by atoms with Crippen LogP contribution in [0.5, 0.6) is 0 Å². The fourth-order valence-electron chi connectivity index (χ4n) is 1.85. The third-order valence-electron chi connectivity index (χ3n) is 2.65. The molecule has 1 atom stereocenters. The van der Waals surface area contributed by atoms with Crippen molar-refractivity contribution < 1.29 is 9.53 Å². The smallest absolute Gasteiger partial charge is 0.328 e. The lowest BCUT2D eigenvalue weighted by Crippen LogP contribution is -2.32. The van der Waals surface area contributed by atoms with E-state index >= 15 is 0 Å². The minimum atomic E-state index is -0.344. The molecule has 0 aliphatic rings. The molecule has 0 fully saturated rings. The normalized spacial score (nSPS) is 12.1. The van der Waals surface area contributed by atoms with Crippen molar-refractivity contribution in [3.05, 3.63) is 18.5 Å². The first kappa shape index (κ1) is 15.3. The van der Waals surface area contributed by atoms with E-state index in [2.05, 4.69) is 29.5 Å². The molecule has 0 spiro atoms. The second-order valence-corrected chi connectivity index (χ2v) is 4.84. The van der Waals surface area contributed by atoms with Gasteiger partial charge in [-0.25, -0.2) is 4.79 Å². The molecule has 1 rings (SSSR count). The summed E-state index contributed by atoms with van der Waals surface area (Å²) in [7, 11) is 1.41. The van der Waals surface area contributed by atoms with Crippen LogP contribution in [0.3, 0.4) is 0 Å². The molecule has 5 heteroatoms. The van der Waals surface area contributed by atoms with Crippen LogP contribution in [0.1, 0.15) is 27.2 Å². The zero-order valence-electron chi connectivity index (χ0n) is 12.1. The van der Waals surface area contributed by atoms with E-state index in [-0.39, 0.29) is 12.0 Å². The van der Waals surface area contributed by atoms with Gasteiger partial charge in [-0.3, -0.25) is 4.98 Å². The zero-order valence-corrected chi connectivity index (χ0v) is 12.1. The number of esters is 1. The molecular weight excluding hydrogens is 242 g/mol. The van der Waals surface area contributed by atoms with Crippen LogP contribution in [-0.2, 0) is 9.53 Å². The number of pyridine rings is 1. The number of hydrogen-bond donors (Lipinski definition) is 2. The Morgan fingerprint density at radius 1 is 1.37 bits per heavy atom. The van der Waals surface area contributed by atoms with Crippen LogP contribution in [-0.4, -0.2) is 30.6 Å². The molecule has 0 amide bonds. The Bertz CT molecular complexity index is 407. The maximum Gasteiger partial charge on any atom is 0.328 e. The number of nitrogens with zero attached hydrogens (tertiary/aromatic N) is 1. The van der Waals surface area contributed by atoms with E-state index in [0.717, 1.165) is 24.3 Å². The van der Waals surface area contributed by atoms with Crippen LogP contribution in [0.15, 0.2) is 18.5 Å². The SMILES string of the molecule is CCNc1cncc(NC(CC(C)C)C(=O)OC)c1. The number of rotatable bonds is 7. The number of carbonyl (C=O) groups is 1. The molecule has 106 valence electrons. The van der Waals surface area contributed by atoms with E-state index in [0.29, 0.717) is 5.92 Å². The largest absolute Gasteiger partial charge is 0.467 e. The number of nitrogens with one attached hydrogen (secondary N) is 2. The first-order chi connectivity index (χ1) is 9.06. The summed E-state index contributed by atoms with van der Waals surface area (Å²) in [4.78, 5) is 15.9. The standard InChI is InChI=1S/C14H23N3O2/c1-5-16-11-7-12(9-15-8-11)17-13(6-10(2)3)14(18)19-4/h7-10,13,16-17H,5-6H2,1-4H3. The number of carbonyl (C=O) groups excluding carboxylic acids is 1. The average Bonchev–Trinajstić information content (AvgIpc) is 2.37. The average molecular weight is 265 g/mol. The highest BCUT2D eigenvalue weighted by atomic mass is 16.5. The minimum Gasteiger partial charge on any atom is -0.467 e. The predicted molar refractivity (Wildman–Crippen MR) is 77.3 cm³/mol. The number of methoxy groups -OCH3 is 1. The second-order valence-electron chi connectivity index (χ2n) is 4.84. The van der Waals surface area contributed by atoms with Gasteiger partial charge in [0, 0.05) is 6.54 Å². The minimum absolute atomic E-state index is 0.248. The lowest BCUT2D eigenvalue weighted by molar-refractivity contribution is -0.141. The third kappa shape index (κ3) is 5.16. The highest BCUT2D eigenvalue weighted by Gasteiger charge is 2.20. The highest BCUT2D eigenvalue weighted by Crippen LogP contribution is 2.17. The Kier molecular flexibility index (Phi) is 6.12. The van der Waals surface area contributed by atoms with Crippen LogP contribution >= 0.6 is 0 Å². The van der Waals surface area contributed by atoms with Crippen LogP contribution in [0.4, 0.5) is 11.4 Å². The van der Waals surface area contributed by atoms with Crippen molar-refractivity contribution in [1.82, 2.24) is 4.98 Å². The van der Waals surface area contributed by atoms with Crippen molar-refractivity contribution in [2.45, 2.75) is 33.2 Å². The Morgan fingerprint density at radius 2 is 2.05 bits per heavy atom. The van der Waals surface area contributed by atoms with Crippen LogP contribution < -0.4 is 10.6 Å². The summed E-state index contributed by atoms with van der Waals surface area (Å²) in [5.74, 6) is 0.157. The van der Waals surface area contributed by atoms with Gasteiger partial charge in [0.25, 0.3) is 0 Å². The Hall–Kier alpha value is -1.78. The van der Waals surface area contributed by atoms with E-state index in [1.54, 1.807) is 12.4 Å². The molecule has 1 unspecified atom stereocenters. The molecule has 1 aromatic heterocycles. The van der Waals surface area contributed by atoms with Gasteiger partial charge in [-0.15, -0.1) is 0 Å². The molecule has 5 nitrogen and oxygen atoms in total. The Morgan fingerprint density at radius 3 is 2.63 bits per heavy atom.